The molecule has 0 aromatic heterocycles. The Balaban J connectivity index is 2.13. The van der Waals surface area contributed by atoms with E-state index < -0.39 is 28.5 Å². The van der Waals surface area contributed by atoms with Crippen LogP contribution in [0, 0.1) is 6.92 Å². The van der Waals surface area contributed by atoms with Crippen LogP contribution in [0.25, 0.3) is 0 Å². The second-order valence-electron chi connectivity index (χ2n) is 9.73. The van der Waals surface area contributed by atoms with Gasteiger partial charge in [0.15, 0.2) is 0 Å². The summed E-state index contributed by atoms with van der Waals surface area (Å²) in [4.78, 5) is 28.7. The molecule has 3 aromatic carbocycles. The first-order chi connectivity index (χ1) is 19.3. The van der Waals surface area contributed by atoms with Crippen molar-refractivity contribution in [2.75, 3.05) is 10.8 Å². The number of sulfonamides is 1. The summed E-state index contributed by atoms with van der Waals surface area (Å²) >= 11 is 25.2. The van der Waals surface area contributed by atoms with Gasteiger partial charge in [-0.2, -0.15) is 0 Å². The van der Waals surface area contributed by atoms with Crippen LogP contribution < -0.4 is 9.62 Å². The van der Waals surface area contributed by atoms with Crippen LogP contribution in [0.3, 0.4) is 0 Å². The van der Waals surface area contributed by atoms with Crippen LogP contribution in [0.2, 0.25) is 20.1 Å². The molecular formula is C29H31Cl4N3O4S. The lowest BCUT2D eigenvalue weighted by molar-refractivity contribution is -0.140. The van der Waals surface area contributed by atoms with Crippen LogP contribution in [0.4, 0.5) is 5.69 Å². The number of aryl methyl sites for hydroxylation is 1. The molecular weight excluding hydrogens is 628 g/mol. The quantitative estimate of drug-likeness (QED) is 0.237. The van der Waals surface area contributed by atoms with Gasteiger partial charge in [0.1, 0.15) is 12.6 Å². The fourth-order valence-corrected chi connectivity index (χ4v) is 6.38. The Kier molecular flexibility index (Phi) is 11.4. The van der Waals surface area contributed by atoms with Gasteiger partial charge in [0.2, 0.25) is 11.8 Å². The predicted octanol–water partition coefficient (Wildman–Crippen LogP) is 7.14. The molecule has 1 N–H and O–H groups in total. The van der Waals surface area contributed by atoms with Crippen molar-refractivity contribution in [1.29, 1.82) is 0 Å². The van der Waals surface area contributed by atoms with Gasteiger partial charge in [-0.15, -0.1) is 0 Å². The van der Waals surface area contributed by atoms with Gasteiger partial charge in [-0.3, -0.25) is 13.9 Å². The van der Waals surface area contributed by atoms with Crippen molar-refractivity contribution in [3.8, 4) is 0 Å². The summed E-state index contributed by atoms with van der Waals surface area (Å²) in [5.41, 5.74) is 1.43. The third-order valence-electron chi connectivity index (χ3n) is 6.29. The molecule has 0 spiro atoms. The summed E-state index contributed by atoms with van der Waals surface area (Å²) in [6, 6.07) is 14.4. The maximum absolute atomic E-state index is 14.1. The number of carbonyl (C=O) groups is 2. The van der Waals surface area contributed by atoms with E-state index in [1.54, 1.807) is 37.3 Å². The van der Waals surface area contributed by atoms with E-state index in [4.69, 9.17) is 46.4 Å². The first-order valence-corrected chi connectivity index (χ1v) is 15.8. The molecule has 7 nitrogen and oxygen atoms in total. The molecule has 12 heteroatoms. The van der Waals surface area contributed by atoms with Crippen molar-refractivity contribution >= 4 is 73.9 Å². The molecule has 0 radical (unpaired) electrons. The Hall–Kier alpha value is -2.49. The number of carbonyl (C=O) groups excluding carboxylic acids is 2. The Morgan fingerprint density at radius 2 is 1.49 bits per heavy atom. The van der Waals surface area contributed by atoms with Crippen LogP contribution in [0.15, 0.2) is 65.6 Å². The molecule has 1 atom stereocenters. The van der Waals surface area contributed by atoms with Crippen LogP contribution in [0.1, 0.15) is 38.3 Å². The molecule has 3 aromatic rings. The highest BCUT2D eigenvalue weighted by Crippen LogP contribution is 2.32. The number of halogens is 4. The van der Waals surface area contributed by atoms with E-state index in [0.29, 0.717) is 15.6 Å². The number of nitrogens with zero attached hydrogens (tertiary/aromatic N) is 2. The maximum atomic E-state index is 14.1. The molecule has 3 rings (SSSR count). The van der Waals surface area contributed by atoms with E-state index in [9.17, 15) is 18.0 Å². The summed E-state index contributed by atoms with van der Waals surface area (Å²) in [5.74, 6) is -1.03. The highest BCUT2D eigenvalue weighted by Gasteiger charge is 2.34. The van der Waals surface area contributed by atoms with Crippen molar-refractivity contribution in [2.24, 2.45) is 0 Å². The second kappa shape index (κ2) is 14.1. The number of anilines is 1. The van der Waals surface area contributed by atoms with Gasteiger partial charge in [0.05, 0.1) is 20.6 Å². The summed E-state index contributed by atoms with van der Waals surface area (Å²) in [6.07, 6.45) is 0.254. The Bertz CT molecular complexity index is 1490. The zero-order valence-corrected chi connectivity index (χ0v) is 26.8. The van der Waals surface area contributed by atoms with Crippen LogP contribution >= 0.6 is 46.4 Å². The average Bonchev–Trinajstić information content (AvgIpc) is 2.90. The SMILES string of the molecule is CC[C@@H](C(=O)NC(C)C)N(Cc1c(Cl)cccc1Cl)C(=O)CN(c1ccc(Cl)c(Cl)c1)S(=O)(=O)c1ccc(C)cc1. The normalized spacial score (nSPS) is 12.2. The fraction of sp³-hybridized carbons (Fsp3) is 0.310. The summed E-state index contributed by atoms with van der Waals surface area (Å²) in [5, 5.41) is 3.80. The molecule has 0 saturated heterocycles. The third-order valence-corrected chi connectivity index (χ3v) is 9.52. The molecule has 0 unspecified atom stereocenters. The van der Waals surface area contributed by atoms with Crippen LogP contribution in [-0.4, -0.2) is 43.8 Å². The van der Waals surface area contributed by atoms with Gasteiger partial charge >= 0.3 is 0 Å². The average molecular weight is 659 g/mol. The van der Waals surface area contributed by atoms with Gasteiger partial charge in [-0.1, -0.05) is 77.1 Å². The number of rotatable bonds is 11. The summed E-state index contributed by atoms with van der Waals surface area (Å²) in [7, 11) is -4.26. The number of amides is 2. The summed E-state index contributed by atoms with van der Waals surface area (Å²) in [6.45, 7) is 6.45. The van der Waals surface area contributed by atoms with E-state index in [-0.39, 0.29) is 45.5 Å². The highest BCUT2D eigenvalue weighted by molar-refractivity contribution is 7.92. The molecule has 0 bridgehead atoms. The first kappa shape index (κ1) is 33.0. The Morgan fingerprint density at radius 1 is 0.878 bits per heavy atom. The van der Waals surface area contributed by atoms with E-state index >= 15 is 0 Å². The van der Waals surface area contributed by atoms with Crippen LogP contribution in [0.5, 0.6) is 0 Å². The number of benzene rings is 3. The number of nitrogens with one attached hydrogen (secondary N) is 1. The Labute approximate surface area is 261 Å². The van der Waals surface area contributed by atoms with Gasteiger partial charge < -0.3 is 10.2 Å². The summed E-state index contributed by atoms with van der Waals surface area (Å²) < 4.78 is 28.8. The second-order valence-corrected chi connectivity index (χ2v) is 13.2. The fourth-order valence-electron chi connectivity index (χ4n) is 4.16. The zero-order valence-electron chi connectivity index (χ0n) is 23.0. The van der Waals surface area contributed by atoms with E-state index in [0.717, 1.165) is 9.87 Å². The van der Waals surface area contributed by atoms with Crippen molar-refractivity contribution in [3.05, 3.63) is 91.9 Å². The maximum Gasteiger partial charge on any atom is 0.264 e. The molecule has 220 valence electrons. The van der Waals surface area contributed by atoms with Crippen molar-refractivity contribution in [2.45, 2.75) is 57.6 Å². The molecule has 0 heterocycles. The number of hydrogen-bond acceptors (Lipinski definition) is 4. The van der Waals surface area contributed by atoms with Crippen molar-refractivity contribution in [1.82, 2.24) is 10.2 Å². The minimum atomic E-state index is -4.26. The van der Waals surface area contributed by atoms with E-state index in [2.05, 4.69) is 5.32 Å². The smallest absolute Gasteiger partial charge is 0.264 e. The lowest BCUT2D eigenvalue weighted by Crippen LogP contribution is -2.53. The Morgan fingerprint density at radius 3 is 2.02 bits per heavy atom. The lowest BCUT2D eigenvalue weighted by atomic mass is 10.1. The van der Waals surface area contributed by atoms with Crippen molar-refractivity contribution in [3.63, 3.8) is 0 Å². The van der Waals surface area contributed by atoms with Gasteiger partial charge in [-0.25, -0.2) is 8.42 Å². The largest absolute Gasteiger partial charge is 0.352 e. The molecule has 0 aliphatic heterocycles. The minimum Gasteiger partial charge on any atom is -0.352 e. The monoisotopic (exact) mass is 657 g/mol. The highest BCUT2D eigenvalue weighted by atomic mass is 35.5. The first-order valence-electron chi connectivity index (χ1n) is 12.8. The molecule has 0 fully saturated rings. The minimum absolute atomic E-state index is 0.0211. The standard InChI is InChI=1S/C29H31Cl4N3O4S/c1-5-27(29(38)34-18(2)3)35(16-22-23(30)7-6-8-24(22)31)28(37)17-36(20-11-14-25(32)26(33)15-20)41(39,40)21-12-9-19(4)10-13-21/h6-15,18,27H,5,16-17H2,1-4H3,(H,34,38)/t27-/m0/s1. The van der Waals surface area contributed by atoms with Crippen molar-refractivity contribution < 1.29 is 18.0 Å². The zero-order chi connectivity index (χ0) is 30.5. The van der Waals surface area contributed by atoms with E-state index in [1.807, 2.05) is 20.8 Å². The molecule has 0 aliphatic carbocycles. The molecule has 2 amide bonds. The molecule has 0 aliphatic rings. The molecule has 0 saturated carbocycles. The third kappa shape index (κ3) is 8.08. The van der Waals surface area contributed by atoms with Crippen LogP contribution in [-0.2, 0) is 26.2 Å². The molecule has 41 heavy (non-hydrogen) atoms. The number of hydrogen-bond donors (Lipinski definition) is 1. The van der Waals surface area contributed by atoms with Gasteiger partial charge in [-0.05, 0) is 69.7 Å². The van der Waals surface area contributed by atoms with Gasteiger partial charge in [0.25, 0.3) is 10.0 Å². The predicted molar refractivity (Wildman–Crippen MR) is 167 cm³/mol. The lowest BCUT2D eigenvalue weighted by Gasteiger charge is -2.34. The topological polar surface area (TPSA) is 86.8 Å². The van der Waals surface area contributed by atoms with E-state index in [1.165, 1.54) is 35.2 Å². The van der Waals surface area contributed by atoms with Gasteiger partial charge in [0, 0.05) is 28.2 Å².